The number of hydrogen-bond acceptors (Lipinski definition) is 6. The Morgan fingerprint density at radius 3 is 2.70 bits per heavy atom. The highest BCUT2D eigenvalue weighted by Crippen LogP contribution is 2.27. The Hall–Kier alpha value is -1.95. The van der Waals surface area contributed by atoms with E-state index in [1.54, 1.807) is 7.11 Å². The Labute approximate surface area is 123 Å². The lowest BCUT2D eigenvalue weighted by Crippen LogP contribution is -2.12. The number of anilines is 3. The van der Waals surface area contributed by atoms with Crippen molar-refractivity contribution in [2.24, 2.45) is 0 Å². The largest absolute Gasteiger partial charge is 0.497 e. The molecule has 5 nitrogen and oxygen atoms in total. The first-order chi connectivity index (χ1) is 9.67. The van der Waals surface area contributed by atoms with Crippen molar-refractivity contribution in [2.75, 3.05) is 37.7 Å². The predicted molar refractivity (Wildman–Crippen MR) is 84.4 cm³/mol. The Balaban J connectivity index is 2.38. The van der Waals surface area contributed by atoms with Crippen LogP contribution in [0.2, 0.25) is 0 Å². The molecule has 106 valence electrons. The molecular weight excluding hydrogens is 272 g/mol. The second kappa shape index (κ2) is 6.47. The van der Waals surface area contributed by atoms with Crippen LogP contribution in [0.1, 0.15) is 0 Å². The van der Waals surface area contributed by atoms with Crippen LogP contribution >= 0.6 is 11.8 Å². The zero-order valence-electron chi connectivity index (χ0n) is 12.0. The summed E-state index contributed by atoms with van der Waals surface area (Å²) in [6.07, 6.45) is 1.96. The molecule has 0 fully saturated rings. The molecule has 6 heteroatoms. The molecule has 0 aliphatic rings. The van der Waals surface area contributed by atoms with E-state index >= 15 is 0 Å². The van der Waals surface area contributed by atoms with Gasteiger partial charge >= 0.3 is 0 Å². The first-order valence-electron chi connectivity index (χ1n) is 6.16. The van der Waals surface area contributed by atoms with E-state index in [0.29, 0.717) is 0 Å². The Bertz CT molecular complexity index is 569. The molecule has 20 heavy (non-hydrogen) atoms. The summed E-state index contributed by atoms with van der Waals surface area (Å²) in [4.78, 5) is 10.9. The third-order valence-electron chi connectivity index (χ3n) is 2.92. The molecule has 1 aromatic carbocycles. The fourth-order valence-corrected chi connectivity index (χ4v) is 2.13. The molecule has 0 radical (unpaired) electrons. The lowest BCUT2D eigenvalue weighted by Gasteiger charge is -2.20. The van der Waals surface area contributed by atoms with Crippen LogP contribution in [0.15, 0.2) is 35.5 Å². The van der Waals surface area contributed by atoms with Crippen molar-refractivity contribution in [2.45, 2.75) is 5.16 Å². The molecule has 1 aromatic heterocycles. The highest BCUT2D eigenvalue weighted by Gasteiger charge is 2.10. The second-order valence-electron chi connectivity index (χ2n) is 4.11. The molecule has 0 amide bonds. The summed E-state index contributed by atoms with van der Waals surface area (Å²) < 4.78 is 5.25. The van der Waals surface area contributed by atoms with Crippen LogP contribution in [-0.2, 0) is 0 Å². The number of methoxy groups -OCH3 is 1. The lowest BCUT2D eigenvalue weighted by molar-refractivity contribution is 0.415. The zero-order valence-corrected chi connectivity index (χ0v) is 12.9. The molecule has 2 rings (SSSR count). The quantitative estimate of drug-likeness (QED) is 0.675. The summed E-state index contributed by atoms with van der Waals surface area (Å²) in [7, 11) is 5.48. The summed E-state index contributed by atoms with van der Waals surface area (Å²) >= 11 is 1.52. The van der Waals surface area contributed by atoms with Crippen molar-refractivity contribution >= 4 is 29.1 Å². The molecule has 0 saturated heterocycles. The molecule has 0 spiro atoms. The average Bonchev–Trinajstić information content (AvgIpc) is 2.53. The van der Waals surface area contributed by atoms with Gasteiger partial charge in [-0.2, -0.15) is 0 Å². The second-order valence-corrected chi connectivity index (χ2v) is 4.88. The number of nitrogens with zero attached hydrogens (tertiary/aromatic N) is 3. The number of aromatic nitrogens is 2. The SMILES string of the molecule is CNc1cc(N(C)c2cccc(OC)c2)nc(SC)n1. The van der Waals surface area contributed by atoms with Crippen molar-refractivity contribution in [3.63, 3.8) is 0 Å². The van der Waals surface area contributed by atoms with E-state index in [1.165, 1.54) is 11.8 Å². The van der Waals surface area contributed by atoms with Gasteiger partial charge in [0.25, 0.3) is 0 Å². The molecule has 1 N–H and O–H groups in total. The minimum Gasteiger partial charge on any atom is -0.497 e. The van der Waals surface area contributed by atoms with Crippen molar-refractivity contribution in [3.8, 4) is 5.75 Å². The van der Waals surface area contributed by atoms with Gasteiger partial charge in [-0.3, -0.25) is 0 Å². The predicted octanol–water partition coefficient (Wildman–Crippen LogP) is 3.02. The van der Waals surface area contributed by atoms with Crippen LogP contribution in [0.25, 0.3) is 0 Å². The fourth-order valence-electron chi connectivity index (χ4n) is 1.76. The molecule has 0 saturated carbocycles. The first kappa shape index (κ1) is 14.5. The maximum Gasteiger partial charge on any atom is 0.191 e. The summed E-state index contributed by atoms with van der Waals surface area (Å²) in [5.41, 5.74) is 1.01. The van der Waals surface area contributed by atoms with E-state index in [1.807, 2.05) is 55.6 Å². The van der Waals surface area contributed by atoms with Crippen molar-refractivity contribution in [1.29, 1.82) is 0 Å². The van der Waals surface area contributed by atoms with Gasteiger partial charge in [-0.25, -0.2) is 9.97 Å². The number of ether oxygens (including phenoxy) is 1. The van der Waals surface area contributed by atoms with E-state index in [0.717, 1.165) is 28.2 Å². The summed E-state index contributed by atoms with van der Waals surface area (Å²) in [5.74, 6) is 2.46. The average molecular weight is 290 g/mol. The van der Waals surface area contributed by atoms with Gasteiger partial charge in [0.2, 0.25) is 0 Å². The molecule has 1 heterocycles. The normalized spacial score (nSPS) is 10.2. The number of rotatable bonds is 5. The molecule has 0 aliphatic heterocycles. The molecule has 0 unspecified atom stereocenters. The van der Waals surface area contributed by atoms with Crippen LogP contribution in [0.4, 0.5) is 17.3 Å². The fraction of sp³-hybridized carbons (Fsp3) is 0.286. The van der Waals surface area contributed by atoms with Crippen LogP contribution in [0.3, 0.4) is 0 Å². The Kier molecular flexibility index (Phi) is 4.68. The molecular formula is C14H18N4OS. The smallest absolute Gasteiger partial charge is 0.191 e. The van der Waals surface area contributed by atoms with Gasteiger partial charge in [-0.05, 0) is 18.4 Å². The van der Waals surface area contributed by atoms with Gasteiger partial charge in [0.15, 0.2) is 5.16 Å². The molecule has 0 aliphatic carbocycles. The third-order valence-corrected chi connectivity index (χ3v) is 3.46. The van der Waals surface area contributed by atoms with Crippen LogP contribution < -0.4 is 15.0 Å². The van der Waals surface area contributed by atoms with Crippen LogP contribution in [0.5, 0.6) is 5.75 Å². The van der Waals surface area contributed by atoms with Gasteiger partial charge in [-0.1, -0.05) is 17.8 Å². The molecule has 0 bridgehead atoms. The monoisotopic (exact) mass is 290 g/mol. The van der Waals surface area contributed by atoms with E-state index < -0.39 is 0 Å². The topological polar surface area (TPSA) is 50.3 Å². The standard InChI is InChI=1S/C14H18N4OS/c1-15-12-9-13(17-14(16-12)20-4)18(2)10-6-5-7-11(8-10)19-3/h5-9H,1-4H3,(H,15,16,17). The number of benzene rings is 1. The minimum atomic E-state index is 0.738. The van der Waals surface area contributed by atoms with Gasteiger partial charge in [-0.15, -0.1) is 0 Å². The van der Waals surface area contributed by atoms with E-state index in [9.17, 15) is 0 Å². The van der Waals surface area contributed by atoms with E-state index in [4.69, 9.17) is 4.74 Å². The summed E-state index contributed by atoms with van der Waals surface area (Å²) in [6.45, 7) is 0. The molecule has 2 aromatic rings. The van der Waals surface area contributed by atoms with Crippen LogP contribution in [0, 0.1) is 0 Å². The van der Waals surface area contributed by atoms with E-state index in [-0.39, 0.29) is 0 Å². The maximum atomic E-state index is 5.25. The lowest BCUT2D eigenvalue weighted by atomic mass is 10.3. The third kappa shape index (κ3) is 3.14. The van der Waals surface area contributed by atoms with E-state index in [2.05, 4.69) is 15.3 Å². The Morgan fingerprint density at radius 1 is 1.25 bits per heavy atom. The van der Waals surface area contributed by atoms with Gasteiger partial charge in [0.05, 0.1) is 7.11 Å². The number of thioether (sulfide) groups is 1. The Morgan fingerprint density at radius 2 is 2.05 bits per heavy atom. The zero-order chi connectivity index (χ0) is 14.5. The van der Waals surface area contributed by atoms with Crippen molar-refractivity contribution in [1.82, 2.24) is 9.97 Å². The first-order valence-corrected chi connectivity index (χ1v) is 7.39. The maximum absolute atomic E-state index is 5.25. The van der Waals surface area contributed by atoms with Gasteiger partial charge < -0.3 is 15.0 Å². The van der Waals surface area contributed by atoms with Crippen molar-refractivity contribution in [3.05, 3.63) is 30.3 Å². The highest BCUT2D eigenvalue weighted by molar-refractivity contribution is 7.98. The number of hydrogen-bond donors (Lipinski definition) is 1. The summed E-state index contributed by atoms with van der Waals surface area (Å²) in [6, 6.07) is 9.78. The highest BCUT2D eigenvalue weighted by atomic mass is 32.2. The van der Waals surface area contributed by atoms with Crippen molar-refractivity contribution < 1.29 is 4.74 Å². The summed E-state index contributed by atoms with van der Waals surface area (Å²) in [5, 5.41) is 3.79. The number of nitrogens with one attached hydrogen (secondary N) is 1. The van der Waals surface area contributed by atoms with Gasteiger partial charge in [0, 0.05) is 31.9 Å². The van der Waals surface area contributed by atoms with Crippen LogP contribution in [-0.4, -0.2) is 37.4 Å². The molecule has 0 atom stereocenters. The minimum absolute atomic E-state index is 0.738. The van der Waals surface area contributed by atoms with Gasteiger partial charge in [0.1, 0.15) is 17.4 Å².